The van der Waals surface area contributed by atoms with Crippen LogP contribution in [-0.4, -0.2) is 61.7 Å². The lowest BCUT2D eigenvalue weighted by Gasteiger charge is -2.42. The Morgan fingerprint density at radius 2 is 2.12 bits per heavy atom. The van der Waals surface area contributed by atoms with Gasteiger partial charge in [0, 0.05) is 17.6 Å². The average molecular weight is 459 g/mol. The van der Waals surface area contributed by atoms with Crippen LogP contribution in [0.15, 0.2) is 35.7 Å². The number of hydrogen-bond acceptors (Lipinski definition) is 7. The number of ether oxygens (including phenoxy) is 3. The van der Waals surface area contributed by atoms with Crippen LogP contribution in [0.25, 0.3) is 0 Å². The minimum atomic E-state index is -0.342. The molecule has 4 rings (SSSR count). The van der Waals surface area contributed by atoms with Crippen LogP contribution in [0.2, 0.25) is 0 Å². The number of rotatable bonds is 5. The van der Waals surface area contributed by atoms with Crippen molar-refractivity contribution in [3.8, 4) is 5.75 Å². The molecule has 3 heterocycles. The van der Waals surface area contributed by atoms with E-state index in [9.17, 15) is 14.4 Å². The summed E-state index contributed by atoms with van der Waals surface area (Å²) in [6.07, 6.45) is 1.22. The standard InChI is InChI=1S/C23H26N2O6S/c1-25-18-7-6-15(11-22(27)29-2)31-20(18)13-30-19-8-5-14(10-17(19)23(25)28)24-21(26)12-16-4-3-9-32-16/h3-5,8-10,15,18,20H,6-7,11-13H2,1-2H3,(H,24,26)/t15-,18+,20+/m1/s1. The highest BCUT2D eigenvalue weighted by molar-refractivity contribution is 7.10. The first-order valence-electron chi connectivity index (χ1n) is 10.5. The molecule has 1 N–H and O–H groups in total. The number of likely N-dealkylation sites (N-methyl/N-ethyl adjacent to an activating group) is 1. The van der Waals surface area contributed by atoms with E-state index in [1.165, 1.54) is 18.4 Å². The molecule has 1 saturated heterocycles. The van der Waals surface area contributed by atoms with Crippen LogP contribution in [0.5, 0.6) is 5.75 Å². The van der Waals surface area contributed by atoms with Gasteiger partial charge in [0.15, 0.2) is 0 Å². The molecule has 0 radical (unpaired) electrons. The van der Waals surface area contributed by atoms with E-state index in [0.717, 1.165) is 4.88 Å². The summed E-state index contributed by atoms with van der Waals surface area (Å²) < 4.78 is 16.8. The number of methoxy groups -OCH3 is 1. The molecule has 32 heavy (non-hydrogen) atoms. The van der Waals surface area contributed by atoms with E-state index in [1.54, 1.807) is 30.1 Å². The molecule has 170 valence electrons. The van der Waals surface area contributed by atoms with Gasteiger partial charge in [-0.1, -0.05) is 6.07 Å². The summed E-state index contributed by atoms with van der Waals surface area (Å²) in [5.41, 5.74) is 0.947. The van der Waals surface area contributed by atoms with Gasteiger partial charge in [-0.2, -0.15) is 0 Å². The van der Waals surface area contributed by atoms with Gasteiger partial charge in [0.2, 0.25) is 5.91 Å². The molecule has 0 aliphatic carbocycles. The molecule has 0 spiro atoms. The van der Waals surface area contributed by atoms with Crippen molar-refractivity contribution in [2.75, 3.05) is 26.1 Å². The van der Waals surface area contributed by atoms with Gasteiger partial charge < -0.3 is 24.4 Å². The van der Waals surface area contributed by atoms with E-state index in [1.807, 2.05) is 17.5 Å². The summed E-state index contributed by atoms with van der Waals surface area (Å²) >= 11 is 1.53. The SMILES string of the molecule is COC(=O)C[C@H]1CC[C@H]2[C@H](COc3ccc(NC(=O)Cc4cccs4)cc3C(=O)N2C)O1. The number of nitrogens with one attached hydrogen (secondary N) is 1. The molecule has 9 heteroatoms. The quantitative estimate of drug-likeness (QED) is 0.693. The van der Waals surface area contributed by atoms with Crippen LogP contribution >= 0.6 is 11.3 Å². The second-order valence-electron chi connectivity index (χ2n) is 7.96. The first-order chi connectivity index (χ1) is 15.4. The molecule has 2 amide bonds. The summed E-state index contributed by atoms with van der Waals surface area (Å²) in [5, 5.41) is 4.79. The van der Waals surface area contributed by atoms with E-state index in [-0.39, 0.29) is 55.5 Å². The molecule has 2 aliphatic heterocycles. The highest BCUT2D eigenvalue weighted by Gasteiger charge is 2.39. The van der Waals surface area contributed by atoms with Crippen molar-refractivity contribution in [3.05, 3.63) is 46.2 Å². The van der Waals surface area contributed by atoms with Gasteiger partial charge in [-0.05, 0) is 42.5 Å². The van der Waals surface area contributed by atoms with Crippen molar-refractivity contribution >= 4 is 34.8 Å². The van der Waals surface area contributed by atoms with E-state index in [4.69, 9.17) is 14.2 Å². The van der Waals surface area contributed by atoms with Gasteiger partial charge in [-0.25, -0.2) is 0 Å². The summed E-state index contributed by atoms with van der Waals surface area (Å²) in [6, 6.07) is 8.72. The fraction of sp³-hybridized carbons (Fsp3) is 0.435. The number of amides is 2. The Labute approximate surface area is 190 Å². The number of carbonyl (C=O) groups is 3. The molecule has 8 nitrogen and oxygen atoms in total. The topological polar surface area (TPSA) is 94.2 Å². The van der Waals surface area contributed by atoms with Crippen LogP contribution in [0.1, 0.15) is 34.5 Å². The second-order valence-corrected chi connectivity index (χ2v) is 9.00. The van der Waals surface area contributed by atoms with Gasteiger partial charge >= 0.3 is 5.97 Å². The molecule has 0 bridgehead atoms. The number of thiophene rings is 1. The van der Waals surface area contributed by atoms with Gasteiger partial charge in [-0.3, -0.25) is 14.4 Å². The zero-order valence-electron chi connectivity index (χ0n) is 18.0. The maximum Gasteiger partial charge on any atom is 0.308 e. The molecule has 1 aromatic heterocycles. The van der Waals surface area contributed by atoms with Crippen LogP contribution < -0.4 is 10.1 Å². The van der Waals surface area contributed by atoms with Crippen LogP contribution in [0.3, 0.4) is 0 Å². The van der Waals surface area contributed by atoms with E-state index >= 15 is 0 Å². The van der Waals surface area contributed by atoms with Crippen LogP contribution in [0, 0.1) is 0 Å². The largest absolute Gasteiger partial charge is 0.490 e. The van der Waals surface area contributed by atoms with Crippen molar-refractivity contribution in [3.63, 3.8) is 0 Å². The van der Waals surface area contributed by atoms with Gasteiger partial charge in [0.05, 0.1) is 37.7 Å². The molecule has 2 aliphatic rings. The predicted octanol–water partition coefficient (Wildman–Crippen LogP) is 2.87. The monoisotopic (exact) mass is 458 g/mol. The number of esters is 1. The molecule has 2 aromatic rings. The third kappa shape index (κ3) is 4.94. The Kier molecular flexibility index (Phi) is 6.76. The van der Waals surface area contributed by atoms with Crippen molar-refractivity contribution in [1.82, 2.24) is 4.90 Å². The van der Waals surface area contributed by atoms with Crippen molar-refractivity contribution in [2.24, 2.45) is 0 Å². The number of fused-ring (bicyclic) bond motifs is 2. The molecule has 3 atom stereocenters. The lowest BCUT2D eigenvalue weighted by molar-refractivity contribution is -0.151. The summed E-state index contributed by atoms with van der Waals surface area (Å²) in [6.45, 7) is 0.261. The number of carbonyl (C=O) groups excluding carboxylic acids is 3. The van der Waals surface area contributed by atoms with E-state index in [0.29, 0.717) is 29.8 Å². The van der Waals surface area contributed by atoms with Crippen molar-refractivity contribution in [1.29, 1.82) is 0 Å². The molecular formula is C23H26N2O6S. The number of anilines is 1. The molecule has 0 unspecified atom stereocenters. The minimum Gasteiger partial charge on any atom is -0.490 e. The smallest absolute Gasteiger partial charge is 0.308 e. The minimum absolute atomic E-state index is 0.141. The average Bonchev–Trinajstić information content (AvgIpc) is 3.29. The fourth-order valence-corrected chi connectivity index (χ4v) is 4.85. The Hall–Kier alpha value is -2.91. The Morgan fingerprint density at radius 3 is 2.88 bits per heavy atom. The van der Waals surface area contributed by atoms with Gasteiger partial charge in [0.1, 0.15) is 18.5 Å². The third-order valence-corrected chi connectivity index (χ3v) is 6.71. The van der Waals surface area contributed by atoms with Crippen LogP contribution in [0.4, 0.5) is 5.69 Å². The normalized spacial score (nSPS) is 22.6. The van der Waals surface area contributed by atoms with Crippen molar-refractivity contribution in [2.45, 2.75) is 43.9 Å². The van der Waals surface area contributed by atoms with Gasteiger partial charge in [-0.15, -0.1) is 11.3 Å². The summed E-state index contributed by atoms with van der Waals surface area (Å²) in [7, 11) is 3.11. The zero-order chi connectivity index (χ0) is 22.7. The van der Waals surface area contributed by atoms with E-state index in [2.05, 4.69) is 5.32 Å². The number of hydrogen-bond donors (Lipinski definition) is 1. The first-order valence-corrected chi connectivity index (χ1v) is 11.4. The number of benzene rings is 1. The first kappa shape index (κ1) is 22.3. The Bertz CT molecular complexity index is 992. The molecule has 1 fully saturated rings. The number of nitrogens with zero attached hydrogens (tertiary/aromatic N) is 1. The second kappa shape index (κ2) is 9.70. The van der Waals surface area contributed by atoms with Gasteiger partial charge in [0.25, 0.3) is 5.91 Å². The lowest BCUT2D eigenvalue weighted by Crippen LogP contribution is -2.53. The van der Waals surface area contributed by atoms with Crippen LogP contribution in [-0.2, 0) is 25.5 Å². The van der Waals surface area contributed by atoms with E-state index < -0.39 is 0 Å². The fourth-order valence-electron chi connectivity index (χ4n) is 4.15. The molecular weight excluding hydrogens is 432 g/mol. The van der Waals surface area contributed by atoms with Crippen molar-refractivity contribution < 1.29 is 28.6 Å². The maximum absolute atomic E-state index is 13.2. The molecule has 1 aromatic carbocycles. The lowest BCUT2D eigenvalue weighted by atomic mass is 9.94. The highest BCUT2D eigenvalue weighted by Crippen LogP contribution is 2.32. The maximum atomic E-state index is 13.2. The summed E-state index contributed by atoms with van der Waals surface area (Å²) in [5.74, 6) is -0.213. The Balaban J connectivity index is 1.48. The molecule has 0 saturated carbocycles. The predicted molar refractivity (Wildman–Crippen MR) is 119 cm³/mol. The zero-order valence-corrected chi connectivity index (χ0v) is 18.9. The third-order valence-electron chi connectivity index (χ3n) is 5.83. The Morgan fingerprint density at radius 1 is 1.28 bits per heavy atom. The highest BCUT2D eigenvalue weighted by atomic mass is 32.1. The summed E-state index contributed by atoms with van der Waals surface area (Å²) in [4.78, 5) is 39.9.